The number of nitrogens with zero attached hydrogens (tertiary/aromatic N) is 1. The third kappa shape index (κ3) is 4.46. The van der Waals surface area contributed by atoms with E-state index in [1.807, 2.05) is 0 Å². The molecule has 0 spiro atoms. The monoisotopic (exact) mass is 266 g/mol. The molecule has 1 N–H and O–H groups in total. The van der Waals surface area contributed by atoms with Gasteiger partial charge in [0, 0.05) is 6.54 Å². The number of piperidine rings is 1. The van der Waals surface area contributed by atoms with Crippen molar-refractivity contribution >= 4 is 0 Å². The van der Waals surface area contributed by atoms with Gasteiger partial charge in [0.2, 0.25) is 0 Å². The second kappa shape index (κ2) is 6.13. The third-order valence-corrected chi connectivity index (χ3v) is 5.47. The molecule has 0 aromatic rings. The van der Waals surface area contributed by atoms with Gasteiger partial charge < -0.3 is 10.2 Å². The predicted molar refractivity (Wildman–Crippen MR) is 83.4 cm³/mol. The summed E-state index contributed by atoms with van der Waals surface area (Å²) < 4.78 is 0. The van der Waals surface area contributed by atoms with E-state index in [1.165, 1.54) is 64.8 Å². The highest BCUT2D eigenvalue weighted by atomic mass is 15.1. The normalized spacial score (nSPS) is 30.0. The standard InChI is InChI=1S/C17H34N2/c1-16(2)8-6-11-19(12-9-16)14-17(3,4)15-7-5-10-18-13-15/h15,18H,5-14H2,1-4H3. The van der Waals surface area contributed by atoms with Gasteiger partial charge >= 0.3 is 0 Å². The Labute approximate surface area is 120 Å². The topological polar surface area (TPSA) is 15.3 Å². The Morgan fingerprint density at radius 1 is 1.16 bits per heavy atom. The van der Waals surface area contributed by atoms with E-state index in [0.717, 1.165) is 5.92 Å². The van der Waals surface area contributed by atoms with Gasteiger partial charge in [-0.25, -0.2) is 0 Å². The molecule has 0 saturated carbocycles. The van der Waals surface area contributed by atoms with Crippen LogP contribution >= 0.6 is 0 Å². The van der Waals surface area contributed by atoms with Crippen molar-refractivity contribution < 1.29 is 0 Å². The third-order valence-electron chi connectivity index (χ3n) is 5.47. The maximum Gasteiger partial charge on any atom is 0.00358 e. The number of hydrogen-bond acceptors (Lipinski definition) is 2. The van der Waals surface area contributed by atoms with Crippen LogP contribution in [0.25, 0.3) is 0 Å². The zero-order chi connectivity index (χ0) is 13.9. The summed E-state index contributed by atoms with van der Waals surface area (Å²) in [6.45, 7) is 16.2. The van der Waals surface area contributed by atoms with Crippen molar-refractivity contribution in [2.24, 2.45) is 16.7 Å². The van der Waals surface area contributed by atoms with Gasteiger partial charge in [0.1, 0.15) is 0 Å². The van der Waals surface area contributed by atoms with Crippen LogP contribution in [0.5, 0.6) is 0 Å². The SMILES string of the molecule is CC1(C)CCCN(CC(C)(C)C2CCCNC2)CC1. The minimum atomic E-state index is 0.460. The number of nitrogens with one attached hydrogen (secondary N) is 1. The van der Waals surface area contributed by atoms with Gasteiger partial charge in [0.15, 0.2) is 0 Å². The Kier molecular flexibility index (Phi) is 4.94. The Morgan fingerprint density at radius 3 is 2.63 bits per heavy atom. The quantitative estimate of drug-likeness (QED) is 0.841. The molecule has 0 aromatic carbocycles. The van der Waals surface area contributed by atoms with E-state index >= 15 is 0 Å². The average molecular weight is 266 g/mol. The Balaban J connectivity index is 1.88. The molecule has 0 aliphatic carbocycles. The molecule has 0 radical (unpaired) electrons. The molecular formula is C17H34N2. The molecule has 2 aliphatic heterocycles. The molecule has 2 fully saturated rings. The fourth-order valence-corrected chi connectivity index (χ4v) is 3.86. The lowest BCUT2D eigenvalue weighted by molar-refractivity contribution is 0.100. The maximum absolute atomic E-state index is 3.59. The molecule has 0 amide bonds. The first kappa shape index (κ1) is 15.3. The second-order valence-electron chi connectivity index (χ2n) is 8.33. The van der Waals surface area contributed by atoms with Crippen molar-refractivity contribution in [2.75, 3.05) is 32.7 Å². The molecule has 112 valence electrons. The van der Waals surface area contributed by atoms with Crippen LogP contribution in [0.4, 0.5) is 0 Å². The molecule has 2 aliphatic rings. The molecule has 2 nitrogen and oxygen atoms in total. The minimum Gasteiger partial charge on any atom is -0.316 e. The highest BCUT2D eigenvalue weighted by Gasteiger charge is 2.33. The van der Waals surface area contributed by atoms with Gasteiger partial charge in [-0.3, -0.25) is 0 Å². The van der Waals surface area contributed by atoms with Gasteiger partial charge in [0.25, 0.3) is 0 Å². The van der Waals surface area contributed by atoms with Gasteiger partial charge in [-0.15, -0.1) is 0 Å². The molecule has 1 unspecified atom stereocenters. The first-order chi connectivity index (χ1) is 8.89. The minimum absolute atomic E-state index is 0.460. The van der Waals surface area contributed by atoms with Crippen molar-refractivity contribution in [3.8, 4) is 0 Å². The molecular weight excluding hydrogens is 232 g/mol. The lowest BCUT2D eigenvalue weighted by Crippen LogP contribution is -2.45. The smallest absolute Gasteiger partial charge is 0.00358 e. The van der Waals surface area contributed by atoms with Crippen LogP contribution < -0.4 is 5.32 Å². The summed E-state index contributed by atoms with van der Waals surface area (Å²) in [4.78, 5) is 2.74. The fraction of sp³-hybridized carbons (Fsp3) is 1.00. The first-order valence-corrected chi connectivity index (χ1v) is 8.32. The molecule has 2 rings (SSSR count). The summed E-state index contributed by atoms with van der Waals surface area (Å²) in [6, 6.07) is 0. The molecule has 0 aromatic heterocycles. The van der Waals surface area contributed by atoms with E-state index in [9.17, 15) is 0 Å². The lowest BCUT2D eigenvalue weighted by atomic mass is 9.74. The van der Waals surface area contributed by atoms with Crippen LogP contribution in [-0.4, -0.2) is 37.6 Å². The zero-order valence-corrected chi connectivity index (χ0v) is 13.6. The van der Waals surface area contributed by atoms with E-state index in [1.54, 1.807) is 0 Å². The van der Waals surface area contributed by atoms with Crippen LogP contribution in [0.2, 0.25) is 0 Å². The molecule has 2 saturated heterocycles. The van der Waals surface area contributed by atoms with Crippen LogP contribution in [0.15, 0.2) is 0 Å². The van der Waals surface area contributed by atoms with Crippen LogP contribution in [0.1, 0.15) is 59.8 Å². The Bertz CT molecular complexity index is 277. The van der Waals surface area contributed by atoms with E-state index < -0.39 is 0 Å². The van der Waals surface area contributed by atoms with Crippen LogP contribution in [0, 0.1) is 16.7 Å². The summed E-state index contributed by atoms with van der Waals surface area (Å²) in [6.07, 6.45) is 6.92. The summed E-state index contributed by atoms with van der Waals surface area (Å²) in [5.41, 5.74) is 1.02. The van der Waals surface area contributed by atoms with E-state index in [-0.39, 0.29) is 0 Å². The number of rotatable bonds is 3. The van der Waals surface area contributed by atoms with E-state index in [0.29, 0.717) is 10.8 Å². The lowest BCUT2D eigenvalue weighted by Gasteiger charge is -2.40. The van der Waals surface area contributed by atoms with Gasteiger partial charge in [-0.2, -0.15) is 0 Å². The molecule has 0 bridgehead atoms. The van der Waals surface area contributed by atoms with Crippen molar-refractivity contribution in [1.82, 2.24) is 10.2 Å². The van der Waals surface area contributed by atoms with Crippen molar-refractivity contribution in [3.05, 3.63) is 0 Å². The number of likely N-dealkylation sites (tertiary alicyclic amines) is 1. The van der Waals surface area contributed by atoms with E-state index in [2.05, 4.69) is 37.9 Å². The fourth-order valence-electron chi connectivity index (χ4n) is 3.86. The van der Waals surface area contributed by atoms with Gasteiger partial charge in [-0.1, -0.05) is 27.7 Å². The summed E-state index contributed by atoms with van der Waals surface area (Å²) in [5, 5.41) is 3.59. The first-order valence-electron chi connectivity index (χ1n) is 8.32. The highest BCUT2D eigenvalue weighted by molar-refractivity contribution is 4.87. The zero-order valence-electron chi connectivity index (χ0n) is 13.6. The maximum atomic E-state index is 3.59. The van der Waals surface area contributed by atoms with Crippen molar-refractivity contribution in [3.63, 3.8) is 0 Å². The largest absolute Gasteiger partial charge is 0.316 e. The van der Waals surface area contributed by atoms with Gasteiger partial charge in [-0.05, 0) is 75.0 Å². The molecule has 2 heteroatoms. The molecule has 1 atom stereocenters. The van der Waals surface area contributed by atoms with E-state index in [4.69, 9.17) is 0 Å². The van der Waals surface area contributed by atoms with Gasteiger partial charge in [0.05, 0.1) is 0 Å². The average Bonchev–Trinajstić information content (AvgIpc) is 2.52. The summed E-state index contributed by atoms with van der Waals surface area (Å²) >= 11 is 0. The summed E-state index contributed by atoms with van der Waals surface area (Å²) in [5.74, 6) is 0.859. The van der Waals surface area contributed by atoms with Crippen molar-refractivity contribution in [2.45, 2.75) is 59.8 Å². The Morgan fingerprint density at radius 2 is 1.95 bits per heavy atom. The second-order valence-corrected chi connectivity index (χ2v) is 8.33. The predicted octanol–water partition coefficient (Wildman–Crippen LogP) is 3.52. The highest BCUT2D eigenvalue weighted by Crippen LogP contribution is 2.35. The Hall–Kier alpha value is -0.0800. The molecule has 2 heterocycles. The van der Waals surface area contributed by atoms with Crippen LogP contribution in [-0.2, 0) is 0 Å². The molecule has 19 heavy (non-hydrogen) atoms. The van der Waals surface area contributed by atoms with Crippen molar-refractivity contribution in [1.29, 1.82) is 0 Å². The summed E-state index contributed by atoms with van der Waals surface area (Å²) in [7, 11) is 0. The van der Waals surface area contributed by atoms with Crippen LogP contribution in [0.3, 0.4) is 0 Å². The number of hydrogen-bond donors (Lipinski definition) is 1.